The van der Waals surface area contributed by atoms with E-state index in [4.69, 9.17) is 23.2 Å². The lowest BCUT2D eigenvalue weighted by molar-refractivity contribution is 0.0698. The number of nitrogens with one attached hydrogen (secondary N) is 1. The number of benzene rings is 1. The number of likely N-dealkylation sites (tertiary alicyclic amines) is 1. The minimum absolute atomic E-state index is 0.0985. The Morgan fingerprint density at radius 3 is 2.62 bits per heavy atom. The number of urea groups is 1. The molecule has 0 aromatic heterocycles. The van der Waals surface area contributed by atoms with Crippen LogP contribution in [0.25, 0.3) is 0 Å². The van der Waals surface area contributed by atoms with Crippen molar-refractivity contribution in [1.82, 2.24) is 4.90 Å². The molecule has 1 saturated carbocycles. The van der Waals surface area contributed by atoms with Gasteiger partial charge in [-0.05, 0) is 37.3 Å². The summed E-state index contributed by atoms with van der Waals surface area (Å²) in [7, 11) is 0. The summed E-state index contributed by atoms with van der Waals surface area (Å²) in [6, 6.07) is 2.66. The zero-order valence-electron chi connectivity index (χ0n) is 11.1. The minimum Gasteiger partial charge on any atom is -0.478 e. The molecule has 112 valence electrons. The van der Waals surface area contributed by atoms with Crippen molar-refractivity contribution >= 4 is 40.9 Å². The normalized spacial score (nSPS) is 23.4. The summed E-state index contributed by atoms with van der Waals surface area (Å²) in [6.45, 7) is 0.726. The average molecular weight is 329 g/mol. The average Bonchev–Trinajstić information content (AvgIpc) is 3.03. The maximum Gasteiger partial charge on any atom is 0.337 e. The third-order valence-electron chi connectivity index (χ3n) is 4.19. The maximum absolute atomic E-state index is 12.3. The van der Waals surface area contributed by atoms with E-state index in [1.165, 1.54) is 12.1 Å². The van der Waals surface area contributed by atoms with Crippen molar-refractivity contribution in [2.45, 2.75) is 25.3 Å². The van der Waals surface area contributed by atoms with Gasteiger partial charge in [0.25, 0.3) is 0 Å². The number of piperidine rings is 1. The van der Waals surface area contributed by atoms with E-state index in [2.05, 4.69) is 5.32 Å². The molecule has 1 heterocycles. The largest absolute Gasteiger partial charge is 0.478 e. The summed E-state index contributed by atoms with van der Waals surface area (Å²) in [6.07, 6.45) is 3.21. The third kappa shape index (κ3) is 2.68. The molecule has 1 aromatic rings. The molecule has 1 aliphatic heterocycles. The molecule has 2 bridgehead atoms. The molecule has 2 amide bonds. The Labute approximate surface area is 131 Å². The highest BCUT2D eigenvalue weighted by atomic mass is 35.5. The van der Waals surface area contributed by atoms with Crippen molar-refractivity contribution in [3.63, 3.8) is 0 Å². The van der Waals surface area contributed by atoms with Crippen molar-refractivity contribution in [2.75, 3.05) is 11.9 Å². The molecule has 1 aliphatic carbocycles. The first-order valence-electron chi connectivity index (χ1n) is 6.75. The van der Waals surface area contributed by atoms with E-state index in [0.29, 0.717) is 5.92 Å². The van der Waals surface area contributed by atoms with Crippen LogP contribution >= 0.6 is 23.2 Å². The Bertz CT molecular complexity index is 620. The van der Waals surface area contributed by atoms with Gasteiger partial charge in [-0.2, -0.15) is 0 Å². The quantitative estimate of drug-likeness (QED) is 0.869. The lowest BCUT2D eigenvalue weighted by Gasteiger charge is -2.27. The molecule has 3 rings (SSSR count). The molecule has 1 aromatic carbocycles. The first kappa shape index (κ1) is 14.5. The second kappa shape index (κ2) is 5.39. The highest BCUT2D eigenvalue weighted by Gasteiger charge is 2.40. The standard InChI is InChI=1S/C14H14Cl2N2O3/c15-8-4-10(13(19)20)12(11(16)5-8)17-14(21)18-6-7-1-2-9(18)3-7/h4-5,7,9H,1-3,6H2,(H,17,21)(H,19,20). The number of carboxylic acids is 1. The first-order chi connectivity index (χ1) is 9.95. The predicted octanol–water partition coefficient (Wildman–Crippen LogP) is 3.71. The maximum atomic E-state index is 12.3. The van der Waals surface area contributed by atoms with Crippen molar-refractivity contribution in [1.29, 1.82) is 0 Å². The lowest BCUT2D eigenvalue weighted by atomic mass is 10.1. The monoisotopic (exact) mass is 328 g/mol. The van der Waals surface area contributed by atoms with Crippen LogP contribution in [0.3, 0.4) is 0 Å². The van der Waals surface area contributed by atoms with Crippen molar-refractivity contribution in [3.05, 3.63) is 27.7 Å². The fraction of sp³-hybridized carbons (Fsp3) is 0.429. The van der Waals surface area contributed by atoms with E-state index >= 15 is 0 Å². The second-order valence-corrected chi connectivity index (χ2v) is 6.37. The Morgan fingerprint density at radius 2 is 2.05 bits per heavy atom. The molecule has 21 heavy (non-hydrogen) atoms. The van der Waals surface area contributed by atoms with Crippen LogP contribution in [0.4, 0.5) is 10.5 Å². The number of hydrogen-bond donors (Lipinski definition) is 2. The summed E-state index contributed by atoms with van der Waals surface area (Å²) in [5, 5.41) is 12.2. The SMILES string of the molecule is O=C(O)c1cc(Cl)cc(Cl)c1NC(=O)N1CC2CCC1C2. The van der Waals surface area contributed by atoms with Crippen LogP contribution in [0.1, 0.15) is 29.6 Å². The van der Waals surface area contributed by atoms with Crippen LogP contribution in [0.15, 0.2) is 12.1 Å². The number of hydrogen-bond acceptors (Lipinski definition) is 2. The van der Waals surface area contributed by atoms with E-state index in [0.717, 1.165) is 25.8 Å². The van der Waals surface area contributed by atoms with Gasteiger partial charge in [0.2, 0.25) is 0 Å². The molecule has 2 fully saturated rings. The second-order valence-electron chi connectivity index (χ2n) is 5.53. The molecule has 2 N–H and O–H groups in total. The number of anilines is 1. The number of fused-ring (bicyclic) bond motifs is 2. The Morgan fingerprint density at radius 1 is 1.29 bits per heavy atom. The van der Waals surface area contributed by atoms with Gasteiger partial charge in [0, 0.05) is 17.6 Å². The fourth-order valence-electron chi connectivity index (χ4n) is 3.22. The number of amides is 2. The molecule has 7 heteroatoms. The molecule has 2 aliphatic rings. The fourth-order valence-corrected chi connectivity index (χ4v) is 3.76. The molecule has 2 atom stereocenters. The molecule has 1 saturated heterocycles. The van der Waals surface area contributed by atoms with Crippen LogP contribution in [0, 0.1) is 5.92 Å². The molecular formula is C14H14Cl2N2O3. The number of carbonyl (C=O) groups is 2. The number of halogens is 2. The number of nitrogens with zero attached hydrogens (tertiary/aromatic N) is 1. The number of aromatic carboxylic acids is 1. The highest BCUT2D eigenvalue weighted by Crippen LogP contribution is 2.38. The van der Waals surface area contributed by atoms with Crippen LogP contribution in [0.2, 0.25) is 10.0 Å². The van der Waals surface area contributed by atoms with Gasteiger partial charge in [-0.15, -0.1) is 0 Å². The summed E-state index contributed by atoms with van der Waals surface area (Å²) in [5.74, 6) is -0.613. The van der Waals surface area contributed by atoms with E-state index in [1.54, 1.807) is 4.90 Å². The van der Waals surface area contributed by atoms with Crippen molar-refractivity contribution in [3.8, 4) is 0 Å². The van der Waals surface area contributed by atoms with Gasteiger partial charge in [-0.25, -0.2) is 9.59 Å². The topological polar surface area (TPSA) is 69.6 Å². The zero-order valence-corrected chi connectivity index (χ0v) is 12.6. The molecule has 5 nitrogen and oxygen atoms in total. The van der Waals surface area contributed by atoms with Crippen molar-refractivity contribution in [2.24, 2.45) is 5.92 Å². The van der Waals surface area contributed by atoms with Gasteiger partial charge in [-0.1, -0.05) is 23.2 Å². The number of rotatable bonds is 2. The number of carbonyl (C=O) groups excluding carboxylic acids is 1. The van der Waals surface area contributed by atoms with Crippen LogP contribution in [0.5, 0.6) is 0 Å². The Hall–Kier alpha value is -1.46. The summed E-state index contributed by atoms with van der Waals surface area (Å²) < 4.78 is 0. The number of carboxylic acid groups (broad SMARTS) is 1. The Kier molecular flexibility index (Phi) is 3.71. The first-order valence-corrected chi connectivity index (χ1v) is 7.51. The van der Waals surface area contributed by atoms with Gasteiger partial charge in [0.15, 0.2) is 0 Å². The predicted molar refractivity (Wildman–Crippen MR) is 80.3 cm³/mol. The minimum atomic E-state index is -1.18. The Balaban J connectivity index is 1.84. The van der Waals surface area contributed by atoms with Gasteiger partial charge in [0.1, 0.15) is 0 Å². The van der Waals surface area contributed by atoms with Gasteiger partial charge < -0.3 is 15.3 Å². The van der Waals surface area contributed by atoms with Gasteiger partial charge in [0.05, 0.1) is 16.3 Å². The smallest absolute Gasteiger partial charge is 0.337 e. The summed E-state index contributed by atoms with van der Waals surface area (Å²) in [5.41, 5.74) is -0.00783. The van der Waals surface area contributed by atoms with Crippen LogP contribution in [-0.4, -0.2) is 34.6 Å². The molecular weight excluding hydrogens is 315 g/mol. The van der Waals surface area contributed by atoms with E-state index in [-0.39, 0.29) is 33.4 Å². The highest BCUT2D eigenvalue weighted by molar-refractivity contribution is 6.37. The van der Waals surface area contributed by atoms with Gasteiger partial charge >= 0.3 is 12.0 Å². The molecule has 0 spiro atoms. The zero-order chi connectivity index (χ0) is 15.1. The van der Waals surface area contributed by atoms with Crippen LogP contribution in [-0.2, 0) is 0 Å². The third-order valence-corrected chi connectivity index (χ3v) is 4.70. The molecule has 0 radical (unpaired) electrons. The van der Waals surface area contributed by atoms with E-state index in [1.807, 2.05) is 0 Å². The lowest BCUT2D eigenvalue weighted by Crippen LogP contribution is -2.40. The van der Waals surface area contributed by atoms with E-state index in [9.17, 15) is 14.7 Å². The van der Waals surface area contributed by atoms with E-state index < -0.39 is 5.97 Å². The van der Waals surface area contributed by atoms with Crippen LogP contribution < -0.4 is 5.32 Å². The van der Waals surface area contributed by atoms with Gasteiger partial charge in [-0.3, -0.25) is 0 Å². The summed E-state index contributed by atoms with van der Waals surface area (Å²) in [4.78, 5) is 25.4. The van der Waals surface area contributed by atoms with Crippen molar-refractivity contribution < 1.29 is 14.7 Å². The summed E-state index contributed by atoms with van der Waals surface area (Å²) >= 11 is 11.8. The molecule has 2 unspecified atom stereocenters.